The second kappa shape index (κ2) is 64.9. The summed E-state index contributed by atoms with van der Waals surface area (Å²) >= 11 is 0. The smallest absolute Gasteiger partial charge is 0.320 e. The first-order chi connectivity index (χ1) is 44.4. The van der Waals surface area contributed by atoms with Gasteiger partial charge in [-0.1, -0.05) is 142 Å². The maximum Gasteiger partial charge on any atom is 0.320 e. The van der Waals surface area contributed by atoms with E-state index in [0.29, 0.717) is 68.5 Å². The van der Waals surface area contributed by atoms with Gasteiger partial charge in [-0.05, 0) is 156 Å². The van der Waals surface area contributed by atoms with Gasteiger partial charge in [0.25, 0.3) is 0 Å². The number of ether oxygens (including phenoxy) is 7. The van der Waals surface area contributed by atoms with E-state index in [9.17, 15) is 52.7 Å². The third-order valence-electron chi connectivity index (χ3n) is 20.1. The van der Waals surface area contributed by atoms with Gasteiger partial charge < -0.3 is 64.2 Å². The van der Waals surface area contributed by atoms with Crippen molar-refractivity contribution in [1.82, 2.24) is 10.6 Å². The molecular formula is C77H156N2O22S7. The Bertz CT molecular complexity index is 2420. The highest BCUT2D eigenvalue weighted by atomic mass is 32.1. The molecule has 31 heteroatoms. The minimum atomic E-state index is -0.880. The number of nitrogens with one attached hydrogen (secondary N) is 2. The standard InChI is InChI=1S/C13H22O4.C12H20O4.C10H16O4.2C9H15NO2.C9H14O4.C8H12O2.7CH4.7H2S/c1-13(2,3)17-12(15)10-8-6-5-7-9(10)11(14)16-4;1-12(2,3)16-11(15)9-7-5-4-6-8(9)10(13)14;1-13-9(11)7-5-3-4-6-8(7)10(12)14-2;2*11-9(12)8-5-6-3-1-2-4-7(6)10-8;1-13-9(12)7-5-3-2-4-6(7)8(10)11;9-8-7-4-2-1-3-6(7)5-10-8;;;;;;;;;;;;;;/h9-10H,5-8H2,1-4H3;8-9H,4-7H2,1-3H3,(H,13,14);7-8H,3-6H2,1-2H3;2*6-8,10H,1-5H2,(H,11,12);6-7H,2-5H2,1H3,(H,10,11);6-7H,1-5H2;7*1H4;7*1H2/t9-,10+;8-,9+;;6-,7+,8+;6-,7+,8-;6-,7+;6-,7-;;;;;;;;;;;;;;/m00.1110............../s1. The second-order valence-corrected chi connectivity index (χ2v) is 29.0. The molecule has 0 radical (unpaired) electrons. The Labute approximate surface area is 700 Å². The molecule has 3 saturated heterocycles. The third-order valence-corrected chi connectivity index (χ3v) is 20.1. The number of fused-ring (bicyclic) bond motifs is 3. The van der Waals surface area contributed by atoms with Crippen molar-refractivity contribution >= 4 is 160 Å². The van der Waals surface area contributed by atoms with Crippen molar-refractivity contribution in [3.8, 4) is 0 Å². The summed E-state index contributed by atoms with van der Waals surface area (Å²) in [5.74, 6) is -6.10. The predicted octanol–water partition coefficient (Wildman–Crippen LogP) is 15.3. The molecule has 3 aliphatic heterocycles. The number of esters is 7. The molecule has 0 bridgehead atoms. The van der Waals surface area contributed by atoms with E-state index in [1.165, 1.54) is 99.1 Å². The first-order valence-electron chi connectivity index (χ1n) is 34.8. The molecule has 24 nitrogen and oxygen atoms in total. The minimum Gasteiger partial charge on any atom is -0.481 e. The molecule has 10 aliphatic rings. The number of cyclic esters (lactones) is 1. The minimum absolute atomic E-state index is 0. The molecule has 7 aliphatic carbocycles. The van der Waals surface area contributed by atoms with Gasteiger partial charge in [0.15, 0.2) is 0 Å². The summed E-state index contributed by atoms with van der Waals surface area (Å²) in [5, 5.41) is 41.9. The number of carbonyl (C=O) groups is 11. The van der Waals surface area contributed by atoms with E-state index >= 15 is 0 Å². The van der Waals surface area contributed by atoms with E-state index in [1.807, 2.05) is 20.8 Å². The topological polar surface area (TPSA) is 357 Å². The molecule has 0 amide bonds. The molecule has 10 rings (SSSR count). The summed E-state index contributed by atoms with van der Waals surface area (Å²) in [4.78, 5) is 124. The van der Waals surface area contributed by atoms with Crippen LogP contribution in [-0.4, -0.2) is 157 Å². The monoisotopic (exact) mass is 1680 g/mol. The summed E-state index contributed by atoms with van der Waals surface area (Å²) in [6.45, 7) is 11.6. The molecule has 16 atom stereocenters. The molecule has 0 aromatic heterocycles. The average Bonchev–Trinajstić information content (AvgIpc) is 1.26. The van der Waals surface area contributed by atoms with Gasteiger partial charge in [-0.15, -0.1) is 0 Å². The highest BCUT2D eigenvalue weighted by molar-refractivity contribution is 7.60. The van der Waals surface area contributed by atoms with Crippen LogP contribution in [0.2, 0.25) is 0 Å². The first kappa shape index (κ1) is 128. The maximum atomic E-state index is 12.0. The second-order valence-electron chi connectivity index (χ2n) is 29.0. The largest absolute Gasteiger partial charge is 0.481 e. The van der Waals surface area contributed by atoms with Crippen LogP contribution in [0.1, 0.15) is 286 Å². The van der Waals surface area contributed by atoms with Crippen molar-refractivity contribution in [2.45, 2.75) is 322 Å². The Morgan fingerprint density at radius 1 is 0.324 bits per heavy atom. The number of hydrogen-bond donors (Lipinski definition) is 6. The van der Waals surface area contributed by atoms with Crippen molar-refractivity contribution < 1.29 is 106 Å². The Balaban J connectivity index is -0.000000111. The fourth-order valence-corrected chi connectivity index (χ4v) is 15.2. The van der Waals surface area contributed by atoms with Crippen LogP contribution in [0, 0.1) is 71.0 Å². The normalized spacial score (nSPS) is 27.4. The summed E-state index contributed by atoms with van der Waals surface area (Å²) in [6, 6.07) is 0.468. The summed E-state index contributed by atoms with van der Waals surface area (Å²) in [6.07, 6.45) is 29.2. The Hall–Kier alpha value is -3.46. The molecule has 0 aromatic carbocycles. The van der Waals surface area contributed by atoms with Crippen LogP contribution in [0.5, 0.6) is 0 Å². The fourth-order valence-electron chi connectivity index (χ4n) is 15.2. The lowest BCUT2D eigenvalue weighted by Gasteiger charge is -2.30. The van der Waals surface area contributed by atoms with Crippen molar-refractivity contribution in [1.29, 1.82) is 0 Å². The zero-order valence-electron chi connectivity index (χ0n) is 61.3. The number of hydrogen-bond acceptors (Lipinski definition) is 20. The van der Waals surface area contributed by atoms with Crippen molar-refractivity contribution in [2.24, 2.45) is 71.0 Å². The van der Waals surface area contributed by atoms with E-state index in [1.54, 1.807) is 20.8 Å². The average molecular weight is 1690 g/mol. The van der Waals surface area contributed by atoms with Gasteiger partial charge in [0.05, 0.1) is 88.3 Å². The molecule has 108 heavy (non-hydrogen) atoms. The summed E-state index contributed by atoms with van der Waals surface area (Å²) in [5.41, 5.74) is -1.05. The highest BCUT2D eigenvalue weighted by Crippen LogP contribution is 2.39. The number of carboxylic acid groups (broad SMARTS) is 4. The van der Waals surface area contributed by atoms with Crippen LogP contribution in [0.3, 0.4) is 0 Å². The lowest BCUT2D eigenvalue weighted by atomic mass is 9.79. The zero-order chi connectivity index (χ0) is 69.9. The van der Waals surface area contributed by atoms with Crippen LogP contribution >= 0.6 is 94.5 Å². The van der Waals surface area contributed by atoms with Crippen LogP contribution in [0.15, 0.2) is 0 Å². The number of carboxylic acids is 4. The van der Waals surface area contributed by atoms with Crippen molar-refractivity contribution in [3.63, 3.8) is 0 Å². The molecule has 648 valence electrons. The summed E-state index contributed by atoms with van der Waals surface area (Å²) < 4.78 is 34.2. The van der Waals surface area contributed by atoms with Crippen molar-refractivity contribution in [3.05, 3.63) is 0 Å². The Morgan fingerprint density at radius 3 is 0.787 bits per heavy atom. The van der Waals surface area contributed by atoms with E-state index in [4.69, 9.17) is 39.4 Å². The van der Waals surface area contributed by atoms with Gasteiger partial charge in [-0.2, -0.15) is 94.5 Å². The van der Waals surface area contributed by atoms with Crippen LogP contribution in [0.4, 0.5) is 0 Å². The van der Waals surface area contributed by atoms with Crippen molar-refractivity contribution in [2.75, 3.05) is 35.0 Å². The van der Waals surface area contributed by atoms with Gasteiger partial charge in [0, 0.05) is 18.0 Å². The van der Waals surface area contributed by atoms with Crippen LogP contribution in [-0.2, 0) is 85.9 Å². The van der Waals surface area contributed by atoms with E-state index in [-0.39, 0.29) is 230 Å². The number of methoxy groups -OCH3 is 4. The maximum absolute atomic E-state index is 12.0. The highest BCUT2D eigenvalue weighted by Gasteiger charge is 2.44. The van der Waals surface area contributed by atoms with Gasteiger partial charge in [0.2, 0.25) is 0 Å². The van der Waals surface area contributed by atoms with E-state index < -0.39 is 58.8 Å². The van der Waals surface area contributed by atoms with E-state index in [0.717, 1.165) is 89.9 Å². The molecular weight excluding hydrogens is 1530 g/mol. The SMILES string of the molecule is C.C.C.C.C.C.C.CC(C)(C)OC(=O)[C@@H]1CCCC[C@@H]1C(=O)O.COC(=O)C1CCCCC1C(=O)OC.COC(=O)[C@H]1CCCC[C@H]1C(=O)O.COC(=O)[C@H]1CCCC[C@H]1C(=O)OC(C)(C)C.O=C(O)[C@@H]1C[C@H]2CCCC[C@@H]2N1.O=C(O)[C@H]1C[C@H]2CCCC[C@@H]2N1.O=C1OC[C@@H]2CCCC[C@H]12.S.S.S.S.S.S.S. The number of rotatable bonds is 10. The molecule has 6 N–H and O–H groups in total. The fraction of sp³-hybridized carbons (Fsp3) is 0.857. The Kier molecular flexibility index (Phi) is 76.9. The molecule has 3 heterocycles. The van der Waals surface area contributed by atoms with Crippen LogP contribution < -0.4 is 10.6 Å². The van der Waals surface area contributed by atoms with Gasteiger partial charge in [-0.3, -0.25) is 52.7 Å². The van der Waals surface area contributed by atoms with Gasteiger partial charge in [-0.25, -0.2) is 0 Å². The third kappa shape index (κ3) is 43.1. The summed E-state index contributed by atoms with van der Waals surface area (Å²) in [7, 11) is 5.37. The van der Waals surface area contributed by atoms with Gasteiger partial charge >= 0.3 is 65.7 Å². The molecule has 10 fully saturated rings. The number of aliphatic carboxylic acids is 4. The van der Waals surface area contributed by atoms with E-state index in [2.05, 4.69) is 24.8 Å². The zero-order valence-corrected chi connectivity index (χ0v) is 68.3. The Morgan fingerprint density at radius 2 is 0.546 bits per heavy atom. The molecule has 2 unspecified atom stereocenters. The first-order valence-corrected chi connectivity index (χ1v) is 34.8. The lowest BCUT2D eigenvalue weighted by Crippen LogP contribution is -2.37. The molecule has 7 saturated carbocycles. The number of carbonyl (C=O) groups excluding carboxylic acids is 7. The molecule has 0 spiro atoms. The van der Waals surface area contributed by atoms with Gasteiger partial charge in [0.1, 0.15) is 23.3 Å². The molecule has 0 aromatic rings. The van der Waals surface area contributed by atoms with Crippen LogP contribution in [0.25, 0.3) is 0 Å². The predicted molar refractivity (Wildman–Crippen MR) is 463 cm³/mol. The lowest BCUT2D eigenvalue weighted by molar-refractivity contribution is -0.169. The quantitative estimate of drug-likeness (QED) is 0.0874.